The summed E-state index contributed by atoms with van der Waals surface area (Å²) in [6, 6.07) is 16.0. The van der Waals surface area contributed by atoms with Gasteiger partial charge in [0.25, 0.3) is 0 Å². The molecule has 1 unspecified atom stereocenters. The van der Waals surface area contributed by atoms with E-state index >= 15 is 0 Å². The highest BCUT2D eigenvalue weighted by atomic mass is 79.9. The van der Waals surface area contributed by atoms with Crippen LogP contribution in [0.5, 0.6) is 0 Å². The summed E-state index contributed by atoms with van der Waals surface area (Å²) in [5, 5.41) is 5.22. The SMILES string of the molecule is CCC(C(=O)NCc1ccc(Br)cc1)c1cccc2cnccc12. The van der Waals surface area contributed by atoms with Gasteiger partial charge in [0.1, 0.15) is 0 Å². The highest BCUT2D eigenvalue weighted by molar-refractivity contribution is 9.10. The van der Waals surface area contributed by atoms with Gasteiger partial charge in [-0.3, -0.25) is 9.78 Å². The van der Waals surface area contributed by atoms with E-state index < -0.39 is 0 Å². The minimum absolute atomic E-state index is 0.0599. The van der Waals surface area contributed by atoms with Crippen molar-refractivity contribution in [2.24, 2.45) is 0 Å². The third-order valence-electron chi connectivity index (χ3n) is 4.19. The lowest BCUT2D eigenvalue weighted by Gasteiger charge is -2.17. The molecule has 1 aromatic heterocycles. The predicted octanol–water partition coefficient (Wildman–Crippen LogP) is 4.81. The molecule has 1 heterocycles. The average Bonchev–Trinajstić information content (AvgIpc) is 2.62. The predicted molar refractivity (Wildman–Crippen MR) is 101 cm³/mol. The molecule has 0 aliphatic carbocycles. The fourth-order valence-corrected chi connectivity index (χ4v) is 3.18. The summed E-state index contributed by atoms with van der Waals surface area (Å²) in [7, 11) is 0. The van der Waals surface area contributed by atoms with Crippen molar-refractivity contribution in [2.45, 2.75) is 25.8 Å². The Hall–Kier alpha value is -2.20. The Morgan fingerprint density at radius 1 is 1.17 bits per heavy atom. The minimum Gasteiger partial charge on any atom is -0.351 e. The third kappa shape index (κ3) is 3.65. The number of pyridine rings is 1. The number of carbonyl (C=O) groups excluding carboxylic acids is 1. The minimum atomic E-state index is -0.161. The number of fused-ring (bicyclic) bond motifs is 1. The second-order valence-electron chi connectivity index (χ2n) is 5.75. The summed E-state index contributed by atoms with van der Waals surface area (Å²) in [5.41, 5.74) is 2.15. The molecule has 0 aliphatic rings. The second kappa shape index (κ2) is 7.58. The molecule has 122 valence electrons. The monoisotopic (exact) mass is 382 g/mol. The van der Waals surface area contributed by atoms with Crippen LogP contribution in [-0.2, 0) is 11.3 Å². The van der Waals surface area contributed by atoms with Crippen molar-refractivity contribution in [3.8, 4) is 0 Å². The molecule has 0 radical (unpaired) electrons. The van der Waals surface area contributed by atoms with Gasteiger partial charge in [-0.05, 0) is 41.1 Å². The number of amides is 1. The maximum atomic E-state index is 12.7. The quantitative estimate of drug-likeness (QED) is 0.687. The number of nitrogens with zero attached hydrogens (tertiary/aromatic N) is 1. The van der Waals surface area contributed by atoms with E-state index in [1.54, 1.807) is 6.20 Å². The van der Waals surface area contributed by atoms with Gasteiger partial charge < -0.3 is 5.32 Å². The molecular weight excluding hydrogens is 364 g/mol. The number of nitrogens with one attached hydrogen (secondary N) is 1. The Bertz CT molecular complexity index is 840. The van der Waals surface area contributed by atoms with Crippen LogP contribution in [0.1, 0.15) is 30.4 Å². The molecule has 1 N–H and O–H groups in total. The second-order valence-corrected chi connectivity index (χ2v) is 6.66. The summed E-state index contributed by atoms with van der Waals surface area (Å²) in [5.74, 6) is -0.101. The van der Waals surface area contributed by atoms with Crippen LogP contribution < -0.4 is 5.32 Å². The van der Waals surface area contributed by atoms with E-state index in [1.807, 2.05) is 61.7 Å². The summed E-state index contributed by atoms with van der Waals surface area (Å²) >= 11 is 3.42. The zero-order valence-corrected chi connectivity index (χ0v) is 15.1. The van der Waals surface area contributed by atoms with Gasteiger partial charge in [-0.15, -0.1) is 0 Å². The maximum Gasteiger partial charge on any atom is 0.227 e. The van der Waals surface area contributed by atoms with Gasteiger partial charge in [0.2, 0.25) is 5.91 Å². The van der Waals surface area contributed by atoms with Gasteiger partial charge in [-0.1, -0.05) is 53.2 Å². The molecule has 1 amide bonds. The first-order valence-corrected chi connectivity index (χ1v) is 8.83. The Kier molecular flexibility index (Phi) is 5.26. The van der Waals surface area contributed by atoms with E-state index in [9.17, 15) is 4.79 Å². The summed E-state index contributed by atoms with van der Waals surface area (Å²) in [4.78, 5) is 16.9. The van der Waals surface area contributed by atoms with Gasteiger partial charge in [-0.2, -0.15) is 0 Å². The molecule has 0 fully saturated rings. The highest BCUT2D eigenvalue weighted by Crippen LogP contribution is 2.27. The standard InChI is InChI=1S/C20H19BrN2O/c1-2-17(19-5-3-4-15-13-22-11-10-18(15)19)20(24)23-12-14-6-8-16(21)9-7-14/h3-11,13,17H,2,12H2,1H3,(H,23,24). The Balaban J connectivity index is 1.79. The van der Waals surface area contributed by atoms with Crippen molar-refractivity contribution in [3.63, 3.8) is 0 Å². The van der Waals surface area contributed by atoms with Crippen molar-refractivity contribution in [1.29, 1.82) is 0 Å². The molecule has 3 nitrogen and oxygen atoms in total. The van der Waals surface area contributed by atoms with Crippen molar-refractivity contribution in [1.82, 2.24) is 10.3 Å². The van der Waals surface area contributed by atoms with Gasteiger partial charge in [-0.25, -0.2) is 0 Å². The molecule has 0 aliphatic heterocycles. The number of rotatable bonds is 5. The summed E-state index contributed by atoms with van der Waals surface area (Å²) in [6.07, 6.45) is 4.37. The van der Waals surface area contributed by atoms with Crippen LogP contribution in [-0.4, -0.2) is 10.9 Å². The topological polar surface area (TPSA) is 42.0 Å². The molecule has 3 rings (SSSR count). The van der Waals surface area contributed by atoms with Crippen LogP contribution in [0.15, 0.2) is 65.4 Å². The lowest BCUT2D eigenvalue weighted by Crippen LogP contribution is -2.28. The van der Waals surface area contributed by atoms with Crippen LogP contribution in [0.25, 0.3) is 10.8 Å². The first-order valence-electron chi connectivity index (χ1n) is 8.04. The highest BCUT2D eigenvalue weighted by Gasteiger charge is 2.20. The zero-order chi connectivity index (χ0) is 16.9. The average molecular weight is 383 g/mol. The van der Waals surface area contributed by atoms with E-state index in [4.69, 9.17) is 0 Å². The van der Waals surface area contributed by atoms with E-state index in [0.29, 0.717) is 6.54 Å². The van der Waals surface area contributed by atoms with E-state index in [1.165, 1.54) is 0 Å². The zero-order valence-electron chi connectivity index (χ0n) is 13.5. The van der Waals surface area contributed by atoms with Crippen LogP contribution >= 0.6 is 15.9 Å². The molecule has 3 aromatic rings. The largest absolute Gasteiger partial charge is 0.351 e. The molecule has 0 bridgehead atoms. The molecule has 2 aromatic carbocycles. The normalized spacial score (nSPS) is 12.1. The van der Waals surface area contributed by atoms with Crippen LogP contribution in [0.2, 0.25) is 0 Å². The number of hydrogen-bond donors (Lipinski definition) is 1. The Labute approximate surface area is 150 Å². The first kappa shape index (κ1) is 16.7. The smallest absolute Gasteiger partial charge is 0.227 e. The van der Waals surface area contributed by atoms with Crippen LogP contribution in [0, 0.1) is 0 Å². The van der Waals surface area contributed by atoms with Crippen molar-refractivity contribution >= 4 is 32.6 Å². The van der Waals surface area contributed by atoms with Crippen LogP contribution in [0.3, 0.4) is 0 Å². The fraction of sp³-hybridized carbons (Fsp3) is 0.200. The fourth-order valence-electron chi connectivity index (χ4n) is 2.91. The number of aromatic nitrogens is 1. The van der Waals surface area contributed by atoms with Crippen molar-refractivity contribution < 1.29 is 4.79 Å². The van der Waals surface area contributed by atoms with Gasteiger partial charge in [0, 0.05) is 28.8 Å². The van der Waals surface area contributed by atoms with Crippen LogP contribution in [0.4, 0.5) is 0 Å². The number of halogens is 1. The maximum absolute atomic E-state index is 12.7. The molecule has 0 spiro atoms. The molecule has 24 heavy (non-hydrogen) atoms. The number of carbonyl (C=O) groups is 1. The summed E-state index contributed by atoms with van der Waals surface area (Å²) < 4.78 is 1.04. The van der Waals surface area contributed by atoms with Crippen molar-refractivity contribution in [2.75, 3.05) is 0 Å². The third-order valence-corrected chi connectivity index (χ3v) is 4.72. The van der Waals surface area contributed by atoms with E-state index in [2.05, 4.69) is 26.2 Å². The molecule has 0 saturated heterocycles. The lowest BCUT2D eigenvalue weighted by atomic mass is 9.91. The summed E-state index contributed by atoms with van der Waals surface area (Å²) in [6.45, 7) is 2.58. The Morgan fingerprint density at radius 2 is 1.96 bits per heavy atom. The molecule has 4 heteroatoms. The number of benzene rings is 2. The van der Waals surface area contributed by atoms with Gasteiger partial charge >= 0.3 is 0 Å². The van der Waals surface area contributed by atoms with E-state index in [0.717, 1.165) is 32.8 Å². The molecular formula is C20H19BrN2O. The number of hydrogen-bond acceptors (Lipinski definition) is 2. The molecule has 0 saturated carbocycles. The van der Waals surface area contributed by atoms with Gasteiger partial charge in [0.15, 0.2) is 0 Å². The van der Waals surface area contributed by atoms with E-state index in [-0.39, 0.29) is 11.8 Å². The molecule has 1 atom stereocenters. The Morgan fingerprint density at radius 3 is 2.71 bits per heavy atom. The first-order chi connectivity index (χ1) is 11.7. The van der Waals surface area contributed by atoms with Gasteiger partial charge in [0.05, 0.1) is 5.92 Å². The van der Waals surface area contributed by atoms with Crippen molar-refractivity contribution in [3.05, 3.63) is 76.5 Å². The lowest BCUT2D eigenvalue weighted by molar-refractivity contribution is -0.122.